The summed E-state index contributed by atoms with van der Waals surface area (Å²) >= 11 is 0. The maximum absolute atomic E-state index is 10.9. The number of pyridine rings is 1. The Bertz CT molecular complexity index is 741. The van der Waals surface area contributed by atoms with Gasteiger partial charge in [-0.25, -0.2) is 9.78 Å². The van der Waals surface area contributed by atoms with Crippen LogP contribution in [0.15, 0.2) is 48.7 Å². The summed E-state index contributed by atoms with van der Waals surface area (Å²) in [6, 6.07) is 14.6. The van der Waals surface area contributed by atoms with Crippen LogP contribution in [0.4, 0.5) is 5.82 Å². The number of anilines is 1. The molecule has 3 N–H and O–H groups in total. The highest BCUT2D eigenvalue weighted by molar-refractivity contribution is 5.87. The Balaban J connectivity index is 1.24. The first-order valence-electron chi connectivity index (χ1n) is 8.87. The van der Waals surface area contributed by atoms with E-state index in [1.807, 2.05) is 0 Å². The molecule has 1 heterocycles. The topological polar surface area (TPSA) is 74.2 Å². The molecule has 2 aliphatic carbocycles. The zero-order chi connectivity index (χ0) is 17.3. The molecule has 2 aromatic rings. The Kier molecular flexibility index (Phi) is 4.17. The third kappa shape index (κ3) is 3.82. The van der Waals surface area contributed by atoms with Gasteiger partial charge in [0.1, 0.15) is 5.82 Å². The number of aromatic nitrogens is 1. The molecule has 2 aliphatic rings. The summed E-state index contributed by atoms with van der Waals surface area (Å²) < 4.78 is 0. The molecule has 2 fully saturated rings. The Morgan fingerprint density at radius 2 is 1.96 bits per heavy atom. The number of rotatable bonds is 8. The molecule has 0 amide bonds. The van der Waals surface area contributed by atoms with Crippen molar-refractivity contribution in [1.82, 2.24) is 10.3 Å². The maximum atomic E-state index is 10.9. The van der Waals surface area contributed by atoms with Crippen molar-refractivity contribution >= 4 is 11.8 Å². The lowest BCUT2D eigenvalue weighted by Crippen LogP contribution is -2.31. The van der Waals surface area contributed by atoms with E-state index < -0.39 is 5.97 Å². The summed E-state index contributed by atoms with van der Waals surface area (Å²) in [5.74, 6) is 0.458. The highest BCUT2D eigenvalue weighted by Gasteiger charge is 2.45. The summed E-state index contributed by atoms with van der Waals surface area (Å²) in [4.78, 5) is 15.0. The van der Waals surface area contributed by atoms with Gasteiger partial charge in [0.25, 0.3) is 0 Å². The van der Waals surface area contributed by atoms with Crippen molar-refractivity contribution in [1.29, 1.82) is 0 Å². The molecular weight excluding hydrogens is 314 g/mol. The number of carbonyl (C=O) groups is 1. The smallest absolute Gasteiger partial charge is 0.337 e. The highest BCUT2D eigenvalue weighted by Crippen LogP contribution is 2.47. The molecule has 5 heteroatoms. The monoisotopic (exact) mass is 337 g/mol. The number of carboxylic acids is 1. The first-order valence-corrected chi connectivity index (χ1v) is 8.87. The van der Waals surface area contributed by atoms with Crippen LogP contribution in [0.3, 0.4) is 0 Å². The van der Waals surface area contributed by atoms with Crippen molar-refractivity contribution in [3.63, 3.8) is 0 Å². The lowest BCUT2D eigenvalue weighted by molar-refractivity contribution is 0.0696. The van der Waals surface area contributed by atoms with Crippen LogP contribution in [-0.4, -0.2) is 35.2 Å². The van der Waals surface area contributed by atoms with E-state index in [4.69, 9.17) is 5.11 Å². The van der Waals surface area contributed by atoms with Crippen molar-refractivity contribution in [2.75, 3.05) is 18.4 Å². The third-order valence-corrected chi connectivity index (χ3v) is 5.37. The summed E-state index contributed by atoms with van der Waals surface area (Å²) in [7, 11) is 0. The minimum Gasteiger partial charge on any atom is -0.478 e. The van der Waals surface area contributed by atoms with Gasteiger partial charge < -0.3 is 15.7 Å². The lowest BCUT2D eigenvalue weighted by Gasteiger charge is -2.17. The van der Waals surface area contributed by atoms with Gasteiger partial charge in [-0.3, -0.25) is 0 Å². The molecular formula is C20H23N3O2. The molecule has 0 aliphatic heterocycles. The lowest BCUT2D eigenvalue weighted by atomic mass is 10.1. The van der Waals surface area contributed by atoms with Crippen LogP contribution in [0.2, 0.25) is 0 Å². The number of nitrogens with zero attached hydrogens (tertiary/aromatic N) is 1. The van der Waals surface area contributed by atoms with E-state index in [1.165, 1.54) is 31.0 Å². The Morgan fingerprint density at radius 3 is 2.60 bits per heavy atom. The third-order valence-electron chi connectivity index (χ3n) is 5.37. The van der Waals surface area contributed by atoms with Crippen molar-refractivity contribution < 1.29 is 9.90 Å². The van der Waals surface area contributed by atoms with Crippen molar-refractivity contribution in [2.45, 2.75) is 31.2 Å². The summed E-state index contributed by atoms with van der Waals surface area (Å²) in [6.07, 6.45) is 5.08. The average molecular weight is 337 g/mol. The van der Waals surface area contributed by atoms with Gasteiger partial charge in [-0.1, -0.05) is 30.3 Å². The van der Waals surface area contributed by atoms with Gasteiger partial charge in [0.15, 0.2) is 0 Å². The predicted octanol–water partition coefficient (Wildman–Crippen LogP) is 3.12. The van der Waals surface area contributed by atoms with E-state index in [9.17, 15) is 4.79 Å². The van der Waals surface area contributed by atoms with Gasteiger partial charge in [-0.15, -0.1) is 0 Å². The average Bonchev–Trinajstić information content (AvgIpc) is 3.55. The molecule has 5 nitrogen and oxygen atoms in total. The molecule has 130 valence electrons. The summed E-state index contributed by atoms with van der Waals surface area (Å²) in [5, 5.41) is 16.0. The molecule has 2 atom stereocenters. The van der Waals surface area contributed by atoms with Crippen molar-refractivity contribution in [2.24, 2.45) is 5.41 Å². The fraction of sp³-hybridized carbons (Fsp3) is 0.400. The van der Waals surface area contributed by atoms with Gasteiger partial charge in [-0.2, -0.15) is 0 Å². The Morgan fingerprint density at radius 1 is 1.16 bits per heavy atom. The van der Waals surface area contributed by atoms with Crippen molar-refractivity contribution in [3.05, 3.63) is 59.8 Å². The van der Waals surface area contributed by atoms with Gasteiger partial charge in [0, 0.05) is 36.7 Å². The molecule has 1 aromatic heterocycles. The quantitative estimate of drug-likeness (QED) is 0.690. The van der Waals surface area contributed by atoms with Gasteiger partial charge in [0.2, 0.25) is 0 Å². The molecule has 2 saturated carbocycles. The van der Waals surface area contributed by atoms with Gasteiger partial charge >= 0.3 is 5.97 Å². The zero-order valence-electron chi connectivity index (χ0n) is 14.1. The van der Waals surface area contributed by atoms with E-state index in [2.05, 4.69) is 45.9 Å². The molecule has 0 bridgehead atoms. The van der Waals surface area contributed by atoms with Crippen molar-refractivity contribution in [3.8, 4) is 0 Å². The second-order valence-electron chi connectivity index (χ2n) is 7.33. The van der Waals surface area contributed by atoms with E-state index in [0.717, 1.165) is 18.9 Å². The number of carboxylic acid groups (broad SMARTS) is 1. The van der Waals surface area contributed by atoms with Gasteiger partial charge in [-0.05, 0) is 37.0 Å². The first-order chi connectivity index (χ1) is 12.2. The Hall–Kier alpha value is -2.40. The van der Waals surface area contributed by atoms with E-state index in [0.29, 0.717) is 17.4 Å². The fourth-order valence-electron chi connectivity index (χ4n) is 3.33. The minimum atomic E-state index is -0.945. The molecule has 1 aromatic carbocycles. The van der Waals surface area contributed by atoms with Crippen LogP contribution in [0.1, 0.15) is 41.1 Å². The zero-order valence-corrected chi connectivity index (χ0v) is 14.1. The van der Waals surface area contributed by atoms with Crippen LogP contribution in [0, 0.1) is 5.41 Å². The number of hydrogen-bond acceptors (Lipinski definition) is 4. The number of hydrogen-bond donors (Lipinski definition) is 3. The summed E-state index contributed by atoms with van der Waals surface area (Å²) in [5.41, 5.74) is 1.97. The fourth-order valence-corrected chi connectivity index (χ4v) is 3.33. The maximum Gasteiger partial charge on any atom is 0.337 e. The van der Waals surface area contributed by atoms with E-state index in [-0.39, 0.29) is 5.56 Å². The second-order valence-corrected chi connectivity index (χ2v) is 7.33. The molecule has 4 rings (SSSR count). The van der Waals surface area contributed by atoms with Crippen LogP contribution < -0.4 is 10.6 Å². The van der Waals surface area contributed by atoms with Crippen LogP contribution in [0.25, 0.3) is 0 Å². The molecule has 0 saturated heterocycles. The first kappa shape index (κ1) is 16.1. The molecule has 0 radical (unpaired) electrons. The standard InChI is InChI=1S/C20H23N3O2/c24-19(25)15-6-7-18(21-11-15)23-13-20(8-9-20)12-22-17-10-16(17)14-4-2-1-3-5-14/h1-7,11,16-17,22H,8-10,12-13H2,(H,21,23)(H,24,25). The Labute approximate surface area is 147 Å². The van der Waals surface area contributed by atoms with E-state index in [1.54, 1.807) is 12.1 Å². The van der Waals surface area contributed by atoms with Crippen LogP contribution >= 0.6 is 0 Å². The number of nitrogens with one attached hydrogen (secondary N) is 2. The normalized spacial score (nSPS) is 23.0. The molecule has 0 spiro atoms. The number of benzene rings is 1. The number of aromatic carboxylic acids is 1. The second kappa shape index (κ2) is 6.48. The predicted molar refractivity (Wildman–Crippen MR) is 96.9 cm³/mol. The molecule has 25 heavy (non-hydrogen) atoms. The summed E-state index contributed by atoms with van der Waals surface area (Å²) in [6.45, 7) is 1.91. The molecule has 2 unspecified atom stereocenters. The highest BCUT2D eigenvalue weighted by atomic mass is 16.4. The van der Waals surface area contributed by atoms with Gasteiger partial charge in [0.05, 0.1) is 5.56 Å². The van der Waals surface area contributed by atoms with Crippen LogP contribution in [-0.2, 0) is 0 Å². The largest absolute Gasteiger partial charge is 0.478 e. The van der Waals surface area contributed by atoms with Crippen LogP contribution in [0.5, 0.6) is 0 Å². The van der Waals surface area contributed by atoms with E-state index >= 15 is 0 Å². The SMILES string of the molecule is O=C(O)c1ccc(NCC2(CNC3CC3c3ccccc3)CC2)nc1. The minimum absolute atomic E-state index is 0.217.